The van der Waals surface area contributed by atoms with Crippen LogP contribution in [0.2, 0.25) is 0 Å². The zero-order chi connectivity index (χ0) is 11.4. The van der Waals surface area contributed by atoms with E-state index in [1.165, 1.54) is 4.88 Å². The van der Waals surface area contributed by atoms with E-state index < -0.39 is 0 Å². The van der Waals surface area contributed by atoms with Crippen molar-refractivity contribution in [3.8, 4) is 0 Å². The lowest BCUT2D eigenvalue weighted by molar-refractivity contribution is 0.251. The topological polar surface area (TPSA) is 48.4 Å². The Morgan fingerprint density at radius 3 is 2.67 bits per heavy atom. The maximum Gasteiger partial charge on any atom is 0.185 e. The molecule has 4 nitrogen and oxygen atoms in total. The molecule has 0 aliphatic rings. The van der Waals surface area contributed by atoms with E-state index in [-0.39, 0.29) is 12.6 Å². The molecule has 0 saturated heterocycles. The van der Waals surface area contributed by atoms with Gasteiger partial charge in [0.1, 0.15) is 0 Å². The van der Waals surface area contributed by atoms with E-state index in [0.29, 0.717) is 0 Å². The average molecular weight is 229 g/mol. The van der Waals surface area contributed by atoms with Crippen LogP contribution in [-0.2, 0) is 6.54 Å². The smallest absolute Gasteiger partial charge is 0.185 e. The average Bonchev–Trinajstić information content (AvgIpc) is 2.56. The summed E-state index contributed by atoms with van der Waals surface area (Å²) in [6, 6.07) is 0.134. The van der Waals surface area contributed by atoms with E-state index in [9.17, 15) is 0 Å². The van der Waals surface area contributed by atoms with Crippen molar-refractivity contribution in [1.29, 1.82) is 0 Å². The van der Waals surface area contributed by atoms with Gasteiger partial charge in [-0.05, 0) is 13.8 Å². The number of nitrogens with one attached hydrogen (secondary N) is 1. The molecule has 0 spiro atoms. The molecule has 0 amide bonds. The second-order valence-electron chi connectivity index (χ2n) is 3.86. The van der Waals surface area contributed by atoms with E-state index in [2.05, 4.69) is 10.3 Å². The highest BCUT2D eigenvalue weighted by Gasteiger charge is 2.09. The Balaban J connectivity index is 2.61. The Kier molecular flexibility index (Phi) is 4.50. The standard InChI is InChI=1S/C10H19N3OS/c1-7(6-14)11-5-9-8(2)12-10(15-9)13(3)4/h7,11,14H,5-6H2,1-4H3. The molecule has 86 valence electrons. The van der Waals surface area contributed by atoms with Crippen molar-refractivity contribution >= 4 is 16.5 Å². The Hall–Kier alpha value is -0.650. The minimum Gasteiger partial charge on any atom is -0.395 e. The second-order valence-corrected chi connectivity index (χ2v) is 4.93. The van der Waals surface area contributed by atoms with Crippen LogP contribution in [0.4, 0.5) is 5.13 Å². The van der Waals surface area contributed by atoms with Gasteiger partial charge in [0, 0.05) is 31.6 Å². The highest BCUT2D eigenvalue weighted by molar-refractivity contribution is 7.15. The molecule has 15 heavy (non-hydrogen) atoms. The van der Waals surface area contributed by atoms with Gasteiger partial charge in [-0.1, -0.05) is 0 Å². The lowest BCUT2D eigenvalue weighted by Gasteiger charge is -2.09. The van der Waals surface area contributed by atoms with Crippen LogP contribution in [0.25, 0.3) is 0 Å². The third-order valence-corrected chi connectivity index (χ3v) is 3.47. The van der Waals surface area contributed by atoms with Gasteiger partial charge < -0.3 is 15.3 Å². The van der Waals surface area contributed by atoms with E-state index in [1.54, 1.807) is 11.3 Å². The lowest BCUT2D eigenvalue weighted by atomic mass is 10.3. The maximum atomic E-state index is 8.89. The molecular formula is C10H19N3OS. The van der Waals surface area contributed by atoms with Crippen molar-refractivity contribution in [2.75, 3.05) is 25.6 Å². The number of aromatic nitrogens is 1. The minimum absolute atomic E-state index is 0.134. The lowest BCUT2D eigenvalue weighted by Crippen LogP contribution is -2.28. The van der Waals surface area contributed by atoms with Crippen molar-refractivity contribution in [2.45, 2.75) is 26.4 Å². The summed E-state index contributed by atoms with van der Waals surface area (Å²) < 4.78 is 0. The zero-order valence-electron chi connectivity index (χ0n) is 9.74. The van der Waals surface area contributed by atoms with Crippen LogP contribution < -0.4 is 10.2 Å². The van der Waals surface area contributed by atoms with Gasteiger partial charge in [0.15, 0.2) is 5.13 Å². The Bertz CT molecular complexity index is 312. The number of nitrogens with zero attached hydrogens (tertiary/aromatic N) is 2. The number of aryl methyl sites for hydroxylation is 1. The number of rotatable bonds is 5. The highest BCUT2D eigenvalue weighted by Crippen LogP contribution is 2.24. The summed E-state index contributed by atoms with van der Waals surface area (Å²) in [4.78, 5) is 7.70. The van der Waals surface area contributed by atoms with Crippen LogP contribution in [-0.4, -0.2) is 36.8 Å². The van der Waals surface area contributed by atoms with Gasteiger partial charge in [-0.3, -0.25) is 0 Å². The largest absolute Gasteiger partial charge is 0.395 e. The molecule has 1 aromatic rings. The van der Waals surface area contributed by atoms with Crippen LogP contribution in [0.1, 0.15) is 17.5 Å². The summed E-state index contributed by atoms with van der Waals surface area (Å²) in [6.07, 6.45) is 0. The first-order valence-corrected chi connectivity index (χ1v) is 5.84. The van der Waals surface area contributed by atoms with Crippen LogP contribution >= 0.6 is 11.3 Å². The Morgan fingerprint density at radius 2 is 2.20 bits per heavy atom. The summed E-state index contributed by atoms with van der Waals surface area (Å²) >= 11 is 1.69. The third-order valence-electron chi connectivity index (χ3n) is 2.15. The number of anilines is 1. The molecule has 1 rings (SSSR count). The predicted octanol–water partition coefficient (Wildman–Crippen LogP) is 0.988. The molecule has 5 heteroatoms. The van der Waals surface area contributed by atoms with Gasteiger partial charge in [-0.25, -0.2) is 4.98 Å². The Labute approximate surface area is 94.9 Å². The maximum absolute atomic E-state index is 8.89. The molecule has 0 bridgehead atoms. The molecule has 0 aliphatic carbocycles. The highest BCUT2D eigenvalue weighted by atomic mass is 32.1. The van der Waals surface area contributed by atoms with Crippen molar-refractivity contribution in [2.24, 2.45) is 0 Å². The molecule has 0 fully saturated rings. The zero-order valence-corrected chi connectivity index (χ0v) is 10.6. The normalized spacial score (nSPS) is 12.9. The van der Waals surface area contributed by atoms with Crippen LogP contribution in [0.3, 0.4) is 0 Å². The van der Waals surface area contributed by atoms with Crippen molar-refractivity contribution in [3.05, 3.63) is 10.6 Å². The third kappa shape index (κ3) is 3.44. The molecule has 0 aromatic carbocycles. The van der Waals surface area contributed by atoms with Crippen LogP contribution in [0.5, 0.6) is 0 Å². The van der Waals surface area contributed by atoms with Crippen molar-refractivity contribution < 1.29 is 5.11 Å². The van der Waals surface area contributed by atoms with Gasteiger partial charge in [0.05, 0.1) is 12.3 Å². The summed E-state index contributed by atoms with van der Waals surface area (Å²) in [7, 11) is 3.98. The SMILES string of the molecule is Cc1nc(N(C)C)sc1CNC(C)CO. The number of aliphatic hydroxyl groups excluding tert-OH is 1. The molecule has 1 unspecified atom stereocenters. The first kappa shape index (κ1) is 12.4. The van der Waals surface area contributed by atoms with E-state index in [1.807, 2.05) is 32.8 Å². The summed E-state index contributed by atoms with van der Waals surface area (Å²) in [5.74, 6) is 0. The van der Waals surface area contributed by atoms with E-state index in [4.69, 9.17) is 5.11 Å². The monoisotopic (exact) mass is 229 g/mol. The second kappa shape index (κ2) is 5.44. The number of aliphatic hydroxyl groups is 1. The molecule has 0 saturated carbocycles. The molecule has 1 aromatic heterocycles. The van der Waals surface area contributed by atoms with Gasteiger partial charge in [0.25, 0.3) is 0 Å². The number of hydrogen-bond donors (Lipinski definition) is 2. The minimum atomic E-state index is 0.134. The number of hydrogen-bond acceptors (Lipinski definition) is 5. The first-order chi connectivity index (χ1) is 7.04. The molecule has 0 radical (unpaired) electrons. The first-order valence-electron chi connectivity index (χ1n) is 5.02. The van der Waals surface area contributed by atoms with E-state index in [0.717, 1.165) is 17.4 Å². The molecule has 1 heterocycles. The molecule has 0 aliphatic heterocycles. The van der Waals surface area contributed by atoms with Crippen molar-refractivity contribution in [3.63, 3.8) is 0 Å². The quantitative estimate of drug-likeness (QED) is 0.790. The summed E-state index contributed by atoms with van der Waals surface area (Å²) in [5, 5.41) is 13.2. The van der Waals surface area contributed by atoms with Gasteiger partial charge in [-0.2, -0.15) is 0 Å². The fourth-order valence-corrected chi connectivity index (χ4v) is 2.03. The summed E-state index contributed by atoms with van der Waals surface area (Å²) in [5.41, 5.74) is 1.07. The predicted molar refractivity (Wildman–Crippen MR) is 64.6 cm³/mol. The van der Waals surface area contributed by atoms with Crippen LogP contribution in [0.15, 0.2) is 0 Å². The van der Waals surface area contributed by atoms with Crippen molar-refractivity contribution in [1.82, 2.24) is 10.3 Å². The van der Waals surface area contributed by atoms with Gasteiger partial charge in [0.2, 0.25) is 0 Å². The molecule has 2 N–H and O–H groups in total. The van der Waals surface area contributed by atoms with Gasteiger partial charge >= 0.3 is 0 Å². The van der Waals surface area contributed by atoms with Crippen LogP contribution in [0, 0.1) is 6.92 Å². The fourth-order valence-electron chi connectivity index (χ4n) is 1.10. The van der Waals surface area contributed by atoms with E-state index >= 15 is 0 Å². The fraction of sp³-hybridized carbons (Fsp3) is 0.700. The Morgan fingerprint density at radius 1 is 1.53 bits per heavy atom. The molecule has 1 atom stereocenters. The summed E-state index contributed by atoms with van der Waals surface area (Å²) in [6.45, 7) is 4.92. The number of thiazole rings is 1. The molecular weight excluding hydrogens is 210 g/mol. The van der Waals surface area contributed by atoms with Gasteiger partial charge in [-0.15, -0.1) is 11.3 Å².